The number of aryl methyl sites for hydroxylation is 1. The molecule has 0 unspecified atom stereocenters. The quantitative estimate of drug-likeness (QED) is 0.851. The van der Waals surface area contributed by atoms with Crippen LogP contribution in [-0.2, 0) is 7.05 Å². The zero-order valence-corrected chi connectivity index (χ0v) is 12.5. The van der Waals surface area contributed by atoms with E-state index in [1.807, 2.05) is 29.5 Å². The van der Waals surface area contributed by atoms with Gasteiger partial charge in [0.25, 0.3) is 5.91 Å². The molecule has 1 saturated heterocycles. The van der Waals surface area contributed by atoms with Gasteiger partial charge in [-0.25, -0.2) is 0 Å². The Hall–Kier alpha value is -1.62. The second-order valence-corrected chi connectivity index (χ2v) is 6.17. The molecule has 0 bridgehead atoms. The average molecular weight is 289 g/mol. The van der Waals surface area contributed by atoms with Crippen LogP contribution in [-0.4, -0.2) is 33.7 Å². The lowest BCUT2D eigenvalue weighted by atomic mass is 10.2. The molecule has 4 nitrogen and oxygen atoms in total. The normalized spacial score (nSPS) is 16.1. The molecule has 1 amide bonds. The Labute approximate surface area is 123 Å². The molecule has 1 fully saturated rings. The summed E-state index contributed by atoms with van der Waals surface area (Å²) in [5.74, 6) is 0.0744. The van der Waals surface area contributed by atoms with Crippen LogP contribution in [0, 0.1) is 0 Å². The molecule has 2 aromatic heterocycles. The Kier molecular flexibility index (Phi) is 3.87. The Morgan fingerprint density at radius 3 is 2.65 bits per heavy atom. The Balaban J connectivity index is 1.83. The lowest BCUT2D eigenvalue weighted by Gasteiger charge is -2.18. The first-order chi connectivity index (χ1) is 9.75. The van der Waals surface area contributed by atoms with Gasteiger partial charge in [0.15, 0.2) is 5.69 Å². The molecule has 1 aliphatic heterocycles. The lowest BCUT2D eigenvalue weighted by Crippen LogP contribution is -2.32. The third-order valence-corrected chi connectivity index (χ3v) is 4.66. The number of carbonyl (C=O) groups excluding carboxylic acids is 1. The standard InChI is InChI=1S/C15H19N3OS/c1-17-13(14-7-6-10-20-14)11-12(16-17)15(19)18-8-4-2-3-5-9-18/h6-7,10-11H,2-5,8-9H2,1H3. The van der Waals surface area contributed by atoms with E-state index < -0.39 is 0 Å². The molecule has 0 N–H and O–H groups in total. The van der Waals surface area contributed by atoms with Crippen molar-refractivity contribution < 1.29 is 4.79 Å². The van der Waals surface area contributed by atoms with Crippen molar-refractivity contribution in [2.24, 2.45) is 7.05 Å². The first-order valence-electron chi connectivity index (χ1n) is 7.13. The van der Waals surface area contributed by atoms with Gasteiger partial charge in [-0.15, -0.1) is 11.3 Å². The molecule has 106 valence electrons. The molecule has 0 radical (unpaired) electrons. The van der Waals surface area contributed by atoms with Crippen LogP contribution in [0.15, 0.2) is 23.6 Å². The van der Waals surface area contributed by atoms with Gasteiger partial charge in [-0.1, -0.05) is 18.9 Å². The number of nitrogens with zero attached hydrogens (tertiary/aromatic N) is 3. The summed E-state index contributed by atoms with van der Waals surface area (Å²) in [6, 6.07) is 5.99. The number of thiophene rings is 1. The number of hydrogen-bond donors (Lipinski definition) is 0. The molecule has 0 saturated carbocycles. The van der Waals surface area contributed by atoms with Gasteiger partial charge in [0.1, 0.15) is 0 Å². The molecular weight excluding hydrogens is 270 g/mol. The van der Waals surface area contributed by atoms with E-state index in [2.05, 4.69) is 11.2 Å². The first kappa shape index (κ1) is 13.4. The molecule has 0 aromatic carbocycles. The van der Waals surface area contributed by atoms with Gasteiger partial charge in [-0.3, -0.25) is 9.48 Å². The maximum absolute atomic E-state index is 12.5. The van der Waals surface area contributed by atoms with Crippen LogP contribution in [0.2, 0.25) is 0 Å². The Morgan fingerprint density at radius 1 is 1.25 bits per heavy atom. The molecule has 0 spiro atoms. The van der Waals surface area contributed by atoms with Crippen molar-refractivity contribution in [1.29, 1.82) is 0 Å². The van der Waals surface area contributed by atoms with E-state index in [4.69, 9.17) is 0 Å². The molecular formula is C15H19N3OS. The van der Waals surface area contributed by atoms with E-state index in [9.17, 15) is 4.79 Å². The number of carbonyl (C=O) groups is 1. The van der Waals surface area contributed by atoms with Crippen LogP contribution < -0.4 is 0 Å². The maximum Gasteiger partial charge on any atom is 0.274 e. The van der Waals surface area contributed by atoms with E-state index >= 15 is 0 Å². The van der Waals surface area contributed by atoms with Crippen LogP contribution in [0.1, 0.15) is 36.2 Å². The molecule has 0 aliphatic carbocycles. The van der Waals surface area contributed by atoms with Crippen molar-refractivity contribution in [1.82, 2.24) is 14.7 Å². The zero-order chi connectivity index (χ0) is 13.9. The summed E-state index contributed by atoms with van der Waals surface area (Å²) in [6.07, 6.45) is 4.67. The smallest absolute Gasteiger partial charge is 0.274 e. The van der Waals surface area contributed by atoms with Gasteiger partial charge >= 0.3 is 0 Å². The third-order valence-electron chi connectivity index (χ3n) is 3.77. The largest absolute Gasteiger partial charge is 0.337 e. The topological polar surface area (TPSA) is 38.1 Å². The summed E-state index contributed by atoms with van der Waals surface area (Å²) in [5.41, 5.74) is 1.58. The minimum Gasteiger partial charge on any atom is -0.337 e. The van der Waals surface area contributed by atoms with E-state index in [1.165, 1.54) is 12.8 Å². The Bertz CT molecular complexity index is 580. The van der Waals surface area contributed by atoms with Crippen molar-refractivity contribution in [3.8, 4) is 10.6 Å². The maximum atomic E-state index is 12.5. The van der Waals surface area contributed by atoms with Crippen LogP contribution in [0.4, 0.5) is 0 Å². The van der Waals surface area contributed by atoms with Crippen molar-refractivity contribution >= 4 is 17.2 Å². The van der Waals surface area contributed by atoms with Crippen LogP contribution in [0.25, 0.3) is 10.6 Å². The van der Waals surface area contributed by atoms with Crippen molar-refractivity contribution in [3.63, 3.8) is 0 Å². The highest BCUT2D eigenvalue weighted by Crippen LogP contribution is 2.25. The highest BCUT2D eigenvalue weighted by Gasteiger charge is 2.21. The fraction of sp³-hybridized carbons (Fsp3) is 0.467. The summed E-state index contributed by atoms with van der Waals surface area (Å²) < 4.78 is 1.80. The van der Waals surface area contributed by atoms with Crippen molar-refractivity contribution in [3.05, 3.63) is 29.3 Å². The van der Waals surface area contributed by atoms with Gasteiger partial charge in [0.2, 0.25) is 0 Å². The van der Waals surface area contributed by atoms with Gasteiger partial charge in [0.05, 0.1) is 10.6 Å². The molecule has 3 heterocycles. The summed E-state index contributed by atoms with van der Waals surface area (Å²) in [7, 11) is 1.90. The second-order valence-electron chi connectivity index (χ2n) is 5.22. The predicted octanol–water partition coefficient (Wildman–Crippen LogP) is 3.16. The van der Waals surface area contributed by atoms with Gasteiger partial charge in [0, 0.05) is 20.1 Å². The van der Waals surface area contributed by atoms with Gasteiger partial charge in [-0.2, -0.15) is 5.10 Å². The summed E-state index contributed by atoms with van der Waals surface area (Å²) >= 11 is 1.67. The fourth-order valence-corrected chi connectivity index (χ4v) is 3.44. The van der Waals surface area contributed by atoms with Crippen LogP contribution in [0.5, 0.6) is 0 Å². The number of aromatic nitrogens is 2. The molecule has 2 aromatic rings. The highest BCUT2D eigenvalue weighted by atomic mass is 32.1. The van der Waals surface area contributed by atoms with Crippen molar-refractivity contribution in [2.75, 3.05) is 13.1 Å². The number of hydrogen-bond acceptors (Lipinski definition) is 3. The van der Waals surface area contributed by atoms with Crippen molar-refractivity contribution in [2.45, 2.75) is 25.7 Å². The van der Waals surface area contributed by atoms with Gasteiger partial charge < -0.3 is 4.90 Å². The average Bonchev–Trinajstić information content (AvgIpc) is 3.01. The van der Waals surface area contributed by atoms with E-state index in [-0.39, 0.29) is 5.91 Å². The molecule has 1 aliphatic rings. The SMILES string of the molecule is Cn1nc(C(=O)N2CCCCCC2)cc1-c1cccs1. The monoisotopic (exact) mass is 289 g/mol. The van der Waals surface area contributed by atoms with Gasteiger partial charge in [-0.05, 0) is 30.4 Å². The first-order valence-corrected chi connectivity index (χ1v) is 8.01. The minimum absolute atomic E-state index is 0.0744. The molecule has 20 heavy (non-hydrogen) atoms. The van der Waals surface area contributed by atoms with E-state index in [1.54, 1.807) is 16.0 Å². The summed E-state index contributed by atoms with van der Waals surface area (Å²) in [6.45, 7) is 1.73. The molecule has 5 heteroatoms. The van der Waals surface area contributed by atoms with E-state index in [0.717, 1.165) is 36.5 Å². The lowest BCUT2D eigenvalue weighted by molar-refractivity contribution is 0.0755. The van der Waals surface area contributed by atoms with Crippen LogP contribution >= 0.6 is 11.3 Å². The highest BCUT2D eigenvalue weighted by molar-refractivity contribution is 7.13. The summed E-state index contributed by atoms with van der Waals surface area (Å²) in [4.78, 5) is 15.6. The minimum atomic E-state index is 0.0744. The number of likely N-dealkylation sites (tertiary alicyclic amines) is 1. The number of amides is 1. The third kappa shape index (κ3) is 2.63. The van der Waals surface area contributed by atoms with E-state index in [0.29, 0.717) is 5.69 Å². The zero-order valence-electron chi connectivity index (χ0n) is 11.7. The summed E-state index contributed by atoms with van der Waals surface area (Å²) in [5, 5.41) is 6.44. The fourth-order valence-electron chi connectivity index (χ4n) is 2.66. The van der Waals surface area contributed by atoms with Crippen LogP contribution in [0.3, 0.4) is 0 Å². The molecule has 3 rings (SSSR count). The number of rotatable bonds is 2. The predicted molar refractivity (Wildman–Crippen MR) is 80.9 cm³/mol. The second kappa shape index (κ2) is 5.79. The molecule has 0 atom stereocenters. The Morgan fingerprint density at radius 2 is 2.00 bits per heavy atom.